The van der Waals surface area contributed by atoms with Crippen LogP contribution in [0, 0.1) is 13.8 Å². The Morgan fingerprint density at radius 1 is 0.950 bits per heavy atom. The van der Waals surface area contributed by atoms with Crippen LogP contribution in [0.15, 0.2) is 48.5 Å². The molecule has 20 heavy (non-hydrogen) atoms. The second-order valence-corrected chi connectivity index (χ2v) is 5.05. The first-order valence-electron chi connectivity index (χ1n) is 7.19. The van der Waals surface area contributed by atoms with Crippen LogP contribution in [0.2, 0.25) is 0 Å². The summed E-state index contributed by atoms with van der Waals surface area (Å²) in [5, 5.41) is 3.48. The van der Waals surface area contributed by atoms with E-state index in [4.69, 9.17) is 4.74 Å². The fraction of sp³-hybridized carbons (Fsp3) is 0.333. The van der Waals surface area contributed by atoms with Crippen molar-refractivity contribution >= 4 is 0 Å². The summed E-state index contributed by atoms with van der Waals surface area (Å²) in [6, 6.07) is 16.9. The zero-order chi connectivity index (χ0) is 14.4. The quantitative estimate of drug-likeness (QED) is 0.854. The van der Waals surface area contributed by atoms with Crippen molar-refractivity contribution in [2.24, 2.45) is 0 Å². The third-order valence-corrected chi connectivity index (χ3v) is 3.46. The van der Waals surface area contributed by atoms with Crippen LogP contribution in [0.1, 0.15) is 29.7 Å². The highest BCUT2D eigenvalue weighted by Crippen LogP contribution is 2.24. The highest BCUT2D eigenvalue weighted by molar-refractivity contribution is 5.39. The Labute approximate surface area is 121 Å². The van der Waals surface area contributed by atoms with E-state index in [2.05, 4.69) is 68.6 Å². The van der Waals surface area contributed by atoms with Gasteiger partial charge >= 0.3 is 0 Å². The molecule has 1 unspecified atom stereocenters. The number of para-hydroxylation sites is 1. The molecule has 2 rings (SSSR count). The summed E-state index contributed by atoms with van der Waals surface area (Å²) in [5.41, 5.74) is 3.64. The fourth-order valence-corrected chi connectivity index (χ4v) is 2.40. The molecule has 106 valence electrons. The van der Waals surface area contributed by atoms with Crippen LogP contribution in [0.5, 0.6) is 5.75 Å². The van der Waals surface area contributed by atoms with Crippen LogP contribution in [0.4, 0.5) is 0 Å². The minimum absolute atomic E-state index is 0.222. The predicted octanol–water partition coefficient (Wildman–Crippen LogP) is 4.03. The lowest BCUT2D eigenvalue weighted by atomic mass is 10.1. The van der Waals surface area contributed by atoms with E-state index in [0.29, 0.717) is 6.61 Å². The van der Waals surface area contributed by atoms with E-state index < -0.39 is 0 Å². The number of aryl methyl sites for hydroxylation is 2. The van der Waals surface area contributed by atoms with Gasteiger partial charge in [-0.15, -0.1) is 0 Å². The number of hydrogen-bond acceptors (Lipinski definition) is 2. The molecule has 0 saturated carbocycles. The molecule has 2 nitrogen and oxygen atoms in total. The number of ether oxygens (including phenoxy) is 1. The molecular weight excluding hydrogens is 246 g/mol. The highest BCUT2D eigenvalue weighted by Gasteiger charge is 2.12. The van der Waals surface area contributed by atoms with E-state index in [9.17, 15) is 0 Å². The van der Waals surface area contributed by atoms with E-state index in [1.807, 2.05) is 6.07 Å². The first kappa shape index (κ1) is 14.6. The molecule has 2 heteroatoms. The smallest absolute Gasteiger partial charge is 0.125 e. The van der Waals surface area contributed by atoms with Gasteiger partial charge < -0.3 is 10.1 Å². The third kappa shape index (κ3) is 3.61. The molecule has 1 atom stereocenters. The molecule has 0 amide bonds. The predicted molar refractivity (Wildman–Crippen MR) is 84.3 cm³/mol. The Bertz CT molecular complexity index is 516. The van der Waals surface area contributed by atoms with Crippen molar-refractivity contribution in [1.29, 1.82) is 0 Å². The number of likely N-dealkylation sites (N-methyl/N-ethyl adjacent to an activating group) is 1. The molecule has 0 aliphatic carbocycles. The molecule has 0 aromatic heterocycles. The van der Waals surface area contributed by atoms with Crippen LogP contribution < -0.4 is 10.1 Å². The average molecular weight is 269 g/mol. The highest BCUT2D eigenvalue weighted by atomic mass is 16.5. The average Bonchev–Trinajstić information content (AvgIpc) is 2.46. The van der Waals surface area contributed by atoms with Crippen LogP contribution in [-0.2, 0) is 0 Å². The second-order valence-electron chi connectivity index (χ2n) is 5.05. The first-order chi connectivity index (χ1) is 9.72. The SMILES string of the molecule is CCNC(COc1c(C)cccc1C)c1ccccc1. The zero-order valence-corrected chi connectivity index (χ0v) is 12.5. The van der Waals surface area contributed by atoms with E-state index in [1.54, 1.807) is 0 Å². The lowest BCUT2D eigenvalue weighted by Gasteiger charge is -2.20. The van der Waals surface area contributed by atoms with Gasteiger partial charge in [-0.05, 0) is 37.1 Å². The standard InChI is InChI=1S/C18H23NO/c1-4-19-17(16-11-6-5-7-12-16)13-20-18-14(2)9-8-10-15(18)3/h5-12,17,19H,4,13H2,1-3H3. The van der Waals surface area contributed by atoms with Crippen molar-refractivity contribution in [3.8, 4) is 5.75 Å². The third-order valence-electron chi connectivity index (χ3n) is 3.46. The molecule has 0 saturated heterocycles. The molecule has 0 aliphatic heterocycles. The Kier molecular flexibility index (Phi) is 5.19. The van der Waals surface area contributed by atoms with Crippen molar-refractivity contribution in [1.82, 2.24) is 5.32 Å². The molecule has 0 fully saturated rings. The zero-order valence-electron chi connectivity index (χ0n) is 12.5. The first-order valence-corrected chi connectivity index (χ1v) is 7.19. The maximum Gasteiger partial charge on any atom is 0.125 e. The maximum atomic E-state index is 6.07. The van der Waals surface area contributed by atoms with E-state index in [1.165, 1.54) is 16.7 Å². The van der Waals surface area contributed by atoms with Crippen molar-refractivity contribution < 1.29 is 4.74 Å². The summed E-state index contributed by atoms with van der Waals surface area (Å²) in [6.07, 6.45) is 0. The van der Waals surface area contributed by atoms with E-state index >= 15 is 0 Å². The van der Waals surface area contributed by atoms with Crippen LogP contribution in [-0.4, -0.2) is 13.2 Å². The van der Waals surface area contributed by atoms with Crippen molar-refractivity contribution in [2.45, 2.75) is 26.8 Å². The van der Waals surface area contributed by atoms with Crippen molar-refractivity contribution in [3.05, 3.63) is 65.2 Å². The monoisotopic (exact) mass is 269 g/mol. The number of hydrogen-bond donors (Lipinski definition) is 1. The Hall–Kier alpha value is -1.80. The summed E-state index contributed by atoms with van der Waals surface area (Å²) in [5.74, 6) is 1.01. The van der Waals surface area contributed by atoms with E-state index in [-0.39, 0.29) is 6.04 Å². The van der Waals surface area contributed by atoms with Crippen molar-refractivity contribution in [2.75, 3.05) is 13.2 Å². The van der Waals surface area contributed by atoms with Gasteiger partial charge in [-0.1, -0.05) is 55.5 Å². The minimum atomic E-state index is 0.222. The molecule has 0 bridgehead atoms. The maximum absolute atomic E-state index is 6.07. The van der Waals surface area contributed by atoms with Gasteiger partial charge in [-0.3, -0.25) is 0 Å². The number of nitrogens with one attached hydrogen (secondary N) is 1. The number of benzene rings is 2. The molecule has 2 aromatic rings. The normalized spacial score (nSPS) is 12.2. The molecule has 1 N–H and O–H groups in total. The van der Waals surface area contributed by atoms with Gasteiger partial charge in [0.1, 0.15) is 12.4 Å². The lowest BCUT2D eigenvalue weighted by molar-refractivity contribution is 0.265. The van der Waals surface area contributed by atoms with E-state index in [0.717, 1.165) is 12.3 Å². The fourth-order valence-electron chi connectivity index (χ4n) is 2.40. The van der Waals surface area contributed by atoms with Gasteiger partial charge in [0, 0.05) is 0 Å². The van der Waals surface area contributed by atoms with Gasteiger partial charge in [-0.25, -0.2) is 0 Å². The Morgan fingerprint density at radius 2 is 1.60 bits per heavy atom. The summed E-state index contributed by atoms with van der Waals surface area (Å²) in [6.45, 7) is 7.87. The summed E-state index contributed by atoms with van der Waals surface area (Å²) in [7, 11) is 0. The summed E-state index contributed by atoms with van der Waals surface area (Å²) >= 11 is 0. The van der Waals surface area contributed by atoms with Gasteiger partial charge in [0.25, 0.3) is 0 Å². The second kappa shape index (κ2) is 7.11. The van der Waals surface area contributed by atoms with Crippen LogP contribution >= 0.6 is 0 Å². The Morgan fingerprint density at radius 3 is 2.20 bits per heavy atom. The Balaban J connectivity index is 2.10. The van der Waals surface area contributed by atoms with Gasteiger partial charge in [0.15, 0.2) is 0 Å². The minimum Gasteiger partial charge on any atom is -0.491 e. The van der Waals surface area contributed by atoms with Gasteiger partial charge in [-0.2, -0.15) is 0 Å². The molecule has 0 aliphatic rings. The summed E-state index contributed by atoms with van der Waals surface area (Å²) < 4.78 is 6.07. The van der Waals surface area contributed by atoms with Gasteiger partial charge in [0.2, 0.25) is 0 Å². The summed E-state index contributed by atoms with van der Waals surface area (Å²) in [4.78, 5) is 0. The topological polar surface area (TPSA) is 21.3 Å². The molecule has 0 radical (unpaired) electrons. The lowest BCUT2D eigenvalue weighted by Crippen LogP contribution is -2.26. The number of rotatable bonds is 6. The molecule has 2 aromatic carbocycles. The van der Waals surface area contributed by atoms with Gasteiger partial charge in [0.05, 0.1) is 6.04 Å². The van der Waals surface area contributed by atoms with Crippen LogP contribution in [0.3, 0.4) is 0 Å². The van der Waals surface area contributed by atoms with Crippen LogP contribution in [0.25, 0.3) is 0 Å². The molecular formula is C18H23NO. The largest absolute Gasteiger partial charge is 0.491 e. The molecule has 0 spiro atoms. The van der Waals surface area contributed by atoms with Crippen molar-refractivity contribution in [3.63, 3.8) is 0 Å². The molecule has 0 heterocycles.